The smallest absolute Gasteiger partial charge is 0.151 e. The molecule has 0 N–H and O–H groups in total. The number of nitrogens with zero attached hydrogens (tertiary/aromatic N) is 4. The van der Waals surface area contributed by atoms with Gasteiger partial charge in [0.1, 0.15) is 0 Å². The van der Waals surface area contributed by atoms with E-state index >= 15 is 0 Å². The number of fused-ring (bicyclic) bond motifs is 1. The van der Waals surface area contributed by atoms with Gasteiger partial charge in [-0.3, -0.25) is 0 Å². The quantitative estimate of drug-likeness (QED) is 0.556. The first-order valence-corrected chi connectivity index (χ1v) is 4.14. The molecule has 0 aromatic carbocycles. The fraction of sp³-hybridized carbons (Fsp3) is 0.857. The van der Waals surface area contributed by atoms with Gasteiger partial charge in [-0.15, -0.1) is 5.10 Å². The molecule has 0 saturated carbocycles. The van der Waals surface area contributed by atoms with Gasteiger partial charge in [0.25, 0.3) is 0 Å². The van der Waals surface area contributed by atoms with E-state index in [0.29, 0.717) is 6.04 Å². The normalized spacial score (nSPS) is 24.3. The predicted octanol–water partition coefficient (Wildman–Crippen LogP) is 0.961. The van der Waals surface area contributed by atoms with Crippen molar-refractivity contribution in [3.05, 3.63) is 5.82 Å². The third-order valence-corrected chi connectivity index (χ3v) is 2.25. The van der Waals surface area contributed by atoms with Crippen molar-refractivity contribution in [3.8, 4) is 0 Å². The second-order valence-corrected chi connectivity index (χ2v) is 3.13. The molecular formula is C7H12N4. The number of aryl methyl sites for hydroxylation is 1. The van der Waals surface area contributed by atoms with Crippen molar-refractivity contribution in [2.24, 2.45) is 0 Å². The molecule has 0 fully saturated rings. The molecule has 0 amide bonds. The summed E-state index contributed by atoms with van der Waals surface area (Å²) in [7, 11) is 0. The summed E-state index contributed by atoms with van der Waals surface area (Å²) in [5, 5.41) is 11.6. The number of aromatic nitrogens is 4. The van der Waals surface area contributed by atoms with E-state index in [2.05, 4.69) is 22.4 Å². The zero-order valence-electron chi connectivity index (χ0n) is 6.69. The molecule has 1 aliphatic rings. The highest BCUT2D eigenvalue weighted by molar-refractivity contribution is 4.86. The van der Waals surface area contributed by atoms with Crippen LogP contribution in [-0.4, -0.2) is 20.2 Å². The van der Waals surface area contributed by atoms with Crippen LogP contribution in [-0.2, 0) is 6.42 Å². The zero-order chi connectivity index (χ0) is 7.68. The van der Waals surface area contributed by atoms with Gasteiger partial charge in [0.05, 0.1) is 6.04 Å². The molecule has 2 rings (SSSR count). The Kier molecular flexibility index (Phi) is 1.60. The van der Waals surface area contributed by atoms with Crippen molar-refractivity contribution in [1.29, 1.82) is 0 Å². The average Bonchev–Trinajstić information content (AvgIpc) is 2.40. The molecule has 4 nitrogen and oxygen atoms in total. The van der Waals surface area contributed by atoms with Crippen LogP contribution in [0.3, 0.4) is 0 Å². The first kappa shape index (κ1) is 6.76. The van der Waals surface area contributed by atoms with Crippen molar-refractivity contribution in [3.63, 3.8) is 0 Å². The topological polar surface area (TPSA) is 43.6 Å². The van der Waals surface area contributed by atoms with Gasteiger partial charge in [0, 0.05) is 6.42 Å². The lowest BCUT2D eigenvalue weighted by Crippen LogP contribution is -2.08. The lowest BCUT2D eigenvalue weighted by molar-refractivity contribution is 0.446. The first-order chi connectivity index (χ1) is 5.38. The summed E-state index contributed by atoms with van der Waals surface area (Å²) in [5.74, 6) is 1.05. The lowest BCUT2D eigenvalue weighted by atomic mass is 10.1. The maximum absolute atomic E-state index is 3.97. The maximum atomic E-state index is 3.97. The summed E-state index contributed by atoms with van der Waals surface area (Å²) in [4.78, 5) is 0. The zero-order valence-corrected chi connectivity index (χ0v) is 6.69. The van der Waals surface area contributed by atoms with Crippen LogP contribution in [0.5, 0.6) is 0 Å². The Balaban J connectivity index is 2.34. The molecule has 60 valence electrons. The van der Waals surface area contributed by atoms with Crippen molar-refractivity contribution < 1.29 is 0 Å². The Morgan fingerprint density at radius 3 is 3.27 bits per heavy atom. The van der Waals surface area contributed by atoms with Crippen LogP contribution in [0.4, 0.5) is 0 Å². The Hall–Kier alpha value is -0.930. The van der Waals surface area contributed by atoms with Crippen LogP contribution >= 0.6 is 0 Å². The molecule has 1 aromatic rings. The Bertz CT molecular complexity index is 242. The lowest BCUT2D eigenvalue weighted by Gasteiger charge is -2.07. The van der Waals surface area contributed by atoms with Crippen LogP contribution in [0.1, 0.15) is 38.1 Å². The highest BCUT2D eigenvalue weighted by atomic mass is 15.5. The van der Waals surface area contributed by atoms with Crippen LogP contribution in [0.15, 0.2) is 0 Å². The second-order valence-electron chi connectivity index (χ2n) is 3.13. The van der Waals surface area contributed by atoms with Gasteiger partial charge in [-0.25, -0.2) is 4.68 Å². The van der Waals surface area contributed by atoms with Crippen molar-refractivity contribution in [2.45, 2.75) is 38.6 Å². The molecule has 4 heteroatoms. The Labute approximate surface area is 65.6 Å². The van der Waals surface area contributed by atoms with E-state index in [4.69, 9.17) is 0 Å². The Morgan fingerprint density at radius 2 is 2.36 bits per heavy atom. The molecule has 0 spiro atoms. The molecule has 0 saturated heterocycles. The number of hydrogen-bond acceptors (Lipinski definition) is 3. The minimum atomic E-state index is 0.488. The number of rotatable bonds is 0. The van der Waals surface area contributed by atoms with E-state index in [1.807, 2.05) is 4.68 Å². The summed E-state index contributed by atoms with van der Waals surface area (Å²) in [6.07, 6.45) is 4.76. The van der Waals surface area contributed by atoms with E-state index in [1.165, 1.54) is 19.3 Å². The molecule has 1 unspecified atom stereocenters. The third kappa shape index (κ3) is 1.13. The third-order valence-electron chi connectivity index (χ3n) is 2.25. The summed E-state index contributed by atoms with van der Waals surface area (Å²) >= 11 is 0. The predicted molar refractivity (Wildman–Crippen MR) is 40.1 cm³/mol. The SMILES string of the molecule is CC1CCCCc2nnnn21. The van der Waals surface area contributed by atoms with Gasteiger partial charge < -0.3 is 0 Å². The summed E-state index contributed by atoms with van der Waals surface area (Å²) < 4.78 is 1.95. The molecule has 2 heterocycles. The van der Waals surface area contributed by atoms with Gasteiger partial charge in [-0.1, -0.05) is 6.42 Å². The van der Waals surface area contributed by atoms with E-state index in [9.17, 15) is 0 Å². The fourth-order valence-electron chi connectivity index (χ4n) is 1.56. The van der Waals surface area contributed by atoms with Gasteiger partial charge in [-0.05, 0) is 30.2 Å². The monoisotopic (exact) mass is 152 g/mol. The molecular weight excluding hydrogens is 140 g/mol. The van der Waals surface area contributed by atoms with Gasteiger partial charge in [-0.2, -0.15) is 0 Å². The molecule has 11 heavy (non-hydrogen) atoms. The Morgan fingerprint density at radius 1 is 1.45 bits per heavy atom. The molecule has 1 atom stereocenters. The molecule has 1 aliphatic heterocycles. The summed E-state index contributed by atoms with van der Waals surface area (Å²) in [6.45, 7) is 2.17. The van der Waals surface area contributed by atoms with Crippen LogP contribution < -0.4 is 0 Å². The first-order valence-electron chi connectivity index (χ1n) is 4.14. The number of tetrazole rings is 1. The van der Waals surface area contributed by atoms with Gasteiger partial charge in [0.15, 0.2) is 5.82 Å². The summed E-state index contributed by atoms with van der Waals surface area (Å²) in [6, 6.07) is 0.488. The minimum absolute atomic E-state index is 0.488. The molecule has 1 aromatic heterocycles. The van der Waals surface area contributed by atoms with Crippen molar-refractivity contribution in [1.82, 2.24) is 20.2 Å². The second kappa shape index (κ2) is 2.60. The highest BCUT2D eigenvalue weighted by Gasteiger charge is 2.15. The van der Waals surface area contributed by atoms with Gasteiger partial charge >= 0.3 is 0 Å². The van der Waals surface area contributed by atoms with Crippen LogP contribution in [0, 0.1) is 0 Å². The summed E-state index contributed by atoms with van der Waals surface area (Å²) in [5.41, 5.74) is 0. The van der Waals surface area contributed by atoms with Crippen LogP contribution in [0.25, 0.3) is 0 Å². The molecule has 0 aliphatic carbocycles. The van der Waals surface area contributed by atoms with E-state index < -0.39 is 0 Å². The van der Waals surface area contributed by atoms with E-state index in [1.54, 1.807) is 0 Å². The van der Waals surface area contributed by atoms with E-state index in [-0.39, 0.29) is 0 Å². The fourth-order valence-corrected chi connectivity index (χ4v) is 1.56. The molecule has 0 radical (unpaired) electrons. The number of hydrogen-bond donors (Lipinski definition) is 0. The van der Waals surface area contributed by atoms with Crippen molar-refractivity contribution in [2.75, 3.05) is 0 Å². The average molecular weight is 152 g/mol. The maximum Gasteiger partial charge on any atom is 0.151 e. The largest absolute Gasteiger partial charge is 0.227 e. The minimum Gasteiger partial charge on any atom is -0.227 e. The molecule has 0 bridgehead atoms. The van der Waals surface area contributed by atoms with Crippen LogP contribution in [0.2, 0.25) is 0 Å². The van der Waals surface area contributed by atoms with E-state index in [0.717, 1.165) is 12.2 Å². The van der Waals surface area contributed by atoms with Crippen molar-refractivity contribution >= 4 is 0 Å². The highest BCUT2D eigenvalue weighted by Crippen LogP contribution is 2.19. The van der Waals surface area contributed by atoms with Gasteiger partial charge in [0.2, 0.25) is 0 Å². The standard InChI is InChI=1S/C7H12N4/c1-6-4-2-3-5-7-8-9-10-11(6)7/h6H,2-5H2,1H3.